The van der Waals surface area contributed by atoms with Crippen LogP contribution >= 0.6 is 0 Å². The number of nitrogens with one attached hydrogen (secondary N) is 2. The van der Waals surface area contributed by atoms with E-state index in [-0.39, 0.29) is 23.4 Å². The molecule has 2 N–H and O–H groups in total. The zero-order valence-corrected chi connectivity index (χ0v) is 19.2. The summed E-state index contributed by atoms with van der Waals surface area (Å²) in [4.78, 5) is 19.3. The summed E-state index contributed by atoms with van der Waals surface area (Å²) in [6.07, 6.45) is 1.79. The lowest BCUT2D eigenvalue weighted by Gasteiger charge is -2.29. The lowest BCUT2D eigenvalue weighted by molar-refractivity contribution is -0.137. The van der Waals surface area contributed by atoms with Crippen molar-refractivity contribution in [2.24, 2.45) is 23.2 Å². The minimum Gasteiger partial charge on any atom is -0.356 e. The van der Waals surface area contributed by atoms with Gasteiger partial charge in [-0.1, -0.05) is 20.8 Å². The zero-order valence-electron chi connectivity index (χ0n) is 19.2. The second-order valence-corrected chi connectivity index (χ2v) is 11.1. The van der Waals surface area contributed by atoms with Crippen molar-refractivity contribution < 1.29 is 18.0 Å². The number of hydrogen-bond acceptors (Lipinski definition) is 4. The van der Waals surface area contributed by atoms with Crippen LogP contribution < -0.4 is 15.5 Å². The molecule has 4 rings (SSSR count). The number of aromatic nitrogens is 1. The van der Waals surface area contributed by atoms with Gasteiger partial charge in [0.15, 0.2) is 0 Å². The van der Waals surface area contributed by atoms with Gasteiger partial charge in [0.25, 0.3) is 0 Å². The molecule has 1 aromatic heterocycles. The van der Waals surface area contributed by atoms with E-state index in [1.807, 2.05) is 0 Å². The molecule has 5 nitrogen and oxygen atoms in total. The Bertz CT molecular complexity index is 801. The number of amides is 1. The molecule has 2 aliphatic carbocycles. The van der Waals surface area contributed by atoms with Crippen LogP contribution in [0.5, 0.6) is 0 Å². The van der Waals surface area contributed by atoms with Gasteiger partial charge in [0.05, 0.1) is 11.6 Å². The van der Waals surface area contributed by atoms with E-state index in [1.165, 1.54) is 18.9 Å². The summed E-state index contributed by atoms with van der Waals surface area (Å²) in [7, 11) is 0. The van der Waals surface area contributed by atoms with Gasteiger partial charge in [-0.25, -0.2) is 4.98 Å². The maximum Gasteiger partial charge on any atom is 0.417 e. The SMILES string of the molecule is CC(C)(C)C[C@H](NCC1CC1)C(=O)N[C@H]1CC[C@@H]2CN(c3ccc(C(F)(F)F)cn3)C[C@@H]21. The number of hydrogen-bond donors (Lipinski definition) is 2. The fourth-order valence-electron chi connectivity index (χ4n) is 5.16. The summed E-state index contributed by atoms with van der Waals surface area (Å²) in [6, 6.07) is 2.47. The van der Waals surface area contributed by atoms with Crippen LogP contribution in [0.2, 0.25) is 0 Å². The van der Waals surface area contributed by atoms with Gasteiger partial charge in [0.2, 0.25) is 5.91 Å². The van der Waals surface area contributed by atoms with Crippen LogP contribution in [0.1, 0.15) is 58.4 Å². The Hall–Kier alpha value is -1.83. The summed E-state index contributed by atoms with van der Waals surface area (Å²) < 4.78 is 38.5. The Balaban J connectivity index is 1.36. The first-order valence-electron chi connectivity index (χ1n) is 11.8. The third-order valence-corrected chi connectivity index (χ3v) is 7.07. The molecule has 4 atom stereocenters. The first kappa shape index (κ1) is 23.3. The number of halogens is 3. The van der Waals surface area contributed by atoms with Crippen LogP contribution in [-0.2, 0) is 11.0 Å². The largest absolute Gasteiger partial charge is 0.417 e. The van der Waals surface area contributed by atoms with Gasteiger partial charge in [-0.2, -0.15) is 13.2 Å². The van der Waals surface area contributed by atoms with E-state index in [9.17, 15) is 18.0 Å². The van der Waals surface area contributed by atoms with Crippen molar-refractivity contribution in [3.63, 3.8) is 0 Å². The number of rotatable bonds is 7. The monoisotopic (exact) mass is 452 g/mol. The molecule has 1 aromatic rings. The van der Waals surface area contributed by atoms with Crippen molar-refractivity contribution in [3.8, 4) is 0 Å². The van der Waals surface area contributed by atoms with E-state index in [0.29, 0.717) is 30.1 Å². The molecular formula is C24H35F3N4O. The summed E-state index contributed by atoms with van der Waals surface area (Å²) in [5.74, 6) is 2.11. The molecule has 8 heteroatoms. The smallest absolute Gasteiger partial charge is 0.356 e. The van der Waals surface area contributed by atoms with E-state index in [2.05, 4.69) is 41.3 Å². The van der Waals surface area contributed by atoms with Crippen molar-refractivity contribution in [1.82, 2.24) is 15.6 Å². The number of fused-ring (bicyclic) bond motifs is 1. The summed E-state index contributed by atoms with van der Waals surface area (Å²) >= 11 is 0. The topological polar surface area (TPSA) is 57.3 Å². The Kier molecular flexibility index (Phi) is 6.45. The number of anilines is 1. The third kappa shape index (κ3) is 5.74. The highest BCUT2D eigenvalue weighted by Crippen LogP contribution is 2.40. The molecule has 3 aliphatic rings. The number of pyridine rings is 1. The highest BCUT2D eigenvalue weighted by molar-refractivity contribution is 5.82. The summed E-state index contributed by atoms with van der Waals surface area (Å²) in [5, 5.41) is 6.82. The first-order chi connectivity index (χ1) is 15.0. The normalized spacial score (nSPS) is 26.8. The molecule has 0 aromatic carbocycles. The predicted octanol–water partition coefficient (Wildman–Crippen LogP) is 4.24. The number of nitrogens with zero attached hydrogens (tertiary/aromatic N) is 2. The molecule has 0 unspecified atom stereocenters. The molecule has 32 heavy (non-hydrogen) atoms. The molecule has 1 saturated heterocycles. The van der Waals surface area contributed by atoms with Gasteiger partial charge < -0.3 is 15.5 Å². The van der Waals surface area contributed by atoms with Gasteiger partial charge >= 0.3 is 6.18 Å². The van der Waals surface area contributed by atoms with E-state index >= 15 is 0 Å². The van der Waals surface area contributed by atoms with Crippen LogP contribution in [0, 0.1) is 23.2 Å². The fourth-order valence-corrected chi connectivity index (χ4v) is 5.16. The lowest BCUT2D eigenvalue weighted by atomic mass is 9.87. The Morgan fingerprint density at radius 2 is 1.91 bits per heavy atom. The van der Waals surface area contributed by atoms with Crippen LogP contribution in [0.3, 0.4) is 0 Å². The van der Waals surface area contributed by atoms with Gasteiger partial charge in [-0.15, -0.1) is 0 Å². The molecule has 0 radical (unpaired) electrons. The van der Waals surface area contributed by atoms with Crippen molar-refractivity contribution in [2.75, 3.05) is 24.5 Å². The third-order valence-electron chi connectivity index (χ3n) is 7.07. The molecular weight excluding hydrogens is 417 g/mol. The lowest BCUT2D eigenvalue weighted by Crippen LogP contribution is -2.51. The van der Waals surface area contributed by atoms with Crippen LogP contribution in [-0.4, -0.2) is 42.6 Å². The molecule has 0 bridgehead atoms. The maximum absolute atomic E-state index is 13.2. The average molecular weight is 453 g/mol. The van der Waals surface area contributed by atoms with Gasteiger partial charge in [0.1, 0.15) is 5.82 Å². The Morgan fingerprint density at radius 1 is 1.16 bits per heavy atom. The second-order valence-electron chi connectivity index (χ2n) is 11.1. The van der Waals surface area contributed by atoms with Crippen LogP contribution in [0.15, 0.2) is 18.3 Å². The molecule has 0 spiro atoms. The van der Waals surface area contributed by atoms with Crippen molar-refractivity contribution in [1.29, 1.82) is 0 Å². The summed E-state index contributed by atoms with van der Waals surface area (Å²) in [6.45, 7) is 8.86. The first-order valence-corrected chi connectivity index (χ1v) is 11.8. The highest BCUT2D eigenvalue weighted by atomic mass is 19.4. The van der Waals surface area contributed by atoms with Gasteiger partial charge in [-0.05, 0) is 68.0 Å². The van der Waals surface area contributed by atoms with Crippen molar-refractivity contribution in [2.45, 2.75) is 71.1 Å². The highest BCUT2D eigenvalue weighted by Gasteiger charge is 2.44. The standard InChI is InChI=1S/C24H35F3N4O/c1-23(2,3)10-20(28-11-15-4-5-15)22(32)30-19-8-6-16-13-31(14-18(16)19)21-9-7-17(12-29-21)24(25,26)27/h7,9,12,15-16,18-20,28H,4-6,8,10-11,13-14H2,1-3H3,(H,30,32)/t16-,18+,19+,20+/m1/s1. The van der Waals surface area contributed by atoms with E-state index in [1.54, 1.807) is 0 Å². The molecule has 3 fully saturated rings. The molecule has 178 valence electrons. The average Bonchev–Trinajstić information content (AvgIpc) is 3.32. The number of carbonyl (C=O) groups excluding carboxylic acids is 1. The molecule has 2 heterocycles. The molecule has 1 aliphatic heterocycles. The van der Waals surface area contributed by atoms with Crippen molar-refractivity contribution in [3.05, 3.63) is 23.9 Å². The number of carbonyl (C=O) groups is 1. The van der Waals surface area contributed by atoms with E-state index in [0.717, 1.165) is 44.6 Å². The van der Waals surface area contributed by atoms with Gasteiger partial charge in [0, 0.05) is 31.2 Å². The minimum absolute atomic E-state index is 0.0508. The predicted molar refractivity (Wildman–Crippen MR) is 118 cm³/mol. The van der Waals surface area contributed by atoms with Crippen LogP contribution in [0.25, 0.3) is 0 Å². The quantitative estimate of drug-likeness (QED) is 0.650. The summed E-state index contributed by atoms with van der Waals surface area (Å²) in [5.41, 5.74) is -0.677. The zero-order chi connectivity index (χ0) is 23.1. The fraction of sp³-hybridized carbons (Fsp3) is 0.750. The van der Waals surface area contributed by atoms with Crippen molar-refractivity contribution >= 4 is 11.7 Å². The van der Waals surface area contributed by atoms with Gasteiger partial charge in [-0.3, -0.25) is 4.79 Å². The minimum atomic E-state index is -4.38. The Labute approximate surface area is 188 Å². The second kappa shape index (κ2) is 8.84. The maximum atomic E-state index is 13.2. The van der Waals surface area contributed by atoms with Crippen LogP contribution in [0.4, 0.5) is 19.0 Å². The number of alkyl halides is 3. The Morgan fingerprint density at radius 3 is 2.50 bits per heavy atom. The molecule has 1 amide bonds. The van der Waals surface area contributed by atoms with E-state index < -0.39 is 11.7 Å². The van der Waals surface area contributed by atoms with E-state index in [4.69, 9.17) is 0 Å². The molecule has 2 saturated carbocycles.